The van der Waals surface area contributed by atoms with Crippen LogP contribution in [0, 0.1) is 0 Å². The van der Waals surface area contributed by atoms with Gasteiger partial charge in [-0.1, -0.05) is 15.9 Å². The third-order valence-corrected chi connectivity index (χ3v) is 2.93. The molecule has 1 fully saturated rings. The molecular weight excluding hydrogens is 214 g/mol. The van der Waals surface area contributed by atoms with Crippen molar-refractivity contribution in [3.05, 3.63) is 0 Å². The minimum atomic E-state index is -0.927. The van der Waals surface area contributed by atoms with Crippen molar-refractivity contribution in [1.82, 2.24) is 0 Å². The number of hydrogen-bond acceptors (Lipinski definition) is 4. The molecule has 1 saturated heterocycles. The van der Waals surface area contributed by atoms with Gasteiger partial charge in [-0.3, -0.25) is 0 Å². The number of rotatable bonds is 0. The Balaban J connectivity index is 2.63. The van der Waals surface area contributed by atoms with E-state index in [4.69, 9.17) is 10.5 Å². The first-order chi connectivity index (χ1) is 5.04. The highest BCUT2D eigenvalue weighted by molar-refractivity contribution is 9.09. The largest absolute Gasteiger partial charge is 0.389 e. The van der Waals surface area contributed by atoms with Gasteiger partial charge in [0, 0.05) is 0 Å². The first-order valence-electron chi connectivity index (χ1n) is 3.45. The fourth-order valence-electron chi connectivity index (χ4n) is 1.07. The first kappa shape index (κ1) is 9.41. The van der Waals surface area contributed by atoms with E-state index in [0.717, 1.165) is 0 Å². The van der Waals surface area contributed by atoms with Gasteiger partial charge in [-0.2, -0.15) is 0 Å². The van der Waals surface area contributed by atoms with Crippen LogP contribution < -0.4 is 5.73 Å². The van der Waals surface area contributed by atoms with Crippen molar-refractivity contribution in [2.75, 3.05) is 0 Å². The van der Waals surface area contributed by atoms with Crippen molar-refractivity contribution in [3.63, 3.8) is 0 Å². The summed E-state index contributed by atoms with van der Waals surface area (Å²) >= 11 is 3.13. The highest BCUT2D eigenvalue weighted by Crippen LogP contribution is 2.23. The van der Waals surface area contributed by atoms with Crippen LogP contribution in [-0.2, 0) is 4.74 Å². The maximum Gasteiger partial charge on any atom is 0.169 e. The fourth-order valence-corrected chi connectivity index (χ4v) is 1.50. The van der Waals surface area contributed by atoms with Crippen LogP contribution in [0.2, 0.25) is 0 Å². The average molecular weight is 226 g/mol. The second kappa shape index (κ2) is 3.37. The number of aliphatic hydroxyl groups excluding tert-OH is 2. The van der Waals surface area contributed by atoms with Crippen LogP contribution in [0.25, 0.3) is 0 Å². The van der Waals surface area contributed by atoms with E-state index in [1.807, 2.05) is 0 Å². The van der Waals surface area contributed by atoms with E-state index >= 15 is 0 Å². The molecule has 0 aromatic rings. The van der Waals surface area contributed by atoms with Gasteiger partial charge >= 0.3 is 0 Å². The van der Waals surface area contributed by atoms with Crippen molar-refractivity contribution >= 4 is 15.9 Å². The normalized spacial score (nSPS) is 52.6. The maximum atomic E-state index is 9.34. The summed E-state index contributed by atoms with van der Waals surface area (Å²) in [7, 11) is 0. The Morgan fingerprint density at radius 2 is 2.00 bits per heavy atom. The summed E-state index contributed by atoms with van der Waals surface area (Å²) in [5.41, 5.74) is 5.57. The molecule has 0 unspecified atom stereocenters. The van der Waals surface area contributed by atoms with E-state index in [1.165, 1.54) is 0 Å². The van der Waals surface area contributed by atoms with Gasteiger partial charge in [-0.25, -0.2) is 0 Å². The lowest BCUT2D eigenvalue weighted by atomic mass is 10.0. The Hall–Kier alpha value is 0.320. The molecule has 0 bridgehead atoms. The Morgan fingerprint density at radius 1 is 1.45 bits per heavy atom. The van der Waals surface area contributed by atoms with Crippen LogP contribution in [0.5, 0.6) is 0 Å². The molecule has 1 heterocycles. The third-order valence-electron chi connectivity index (χ3n) is 1.87. The van der Waals surface area contributed by atoms with E-state index in [-0.39, 0.29) is 0 Å². The van der Waals surface area contributed by atoms with Gasteiger partial charge in [0.05, 0.1) is 23.1 Å². The second-order valence-electron chi connectivity index (χ2n) is 2.74. The molecule has 1 aliphatic heterocycles. The standard InChI is InChI=1S/C6H12BrNO3/c1-2-5(9)4(8)3(7)6(10)11-2/h2-6,9-10H,8H2,1H3/t2-,3+,4+,5-,6+/m0/s1. The Kier molecular flexibility index (Phi) is 2.88. The van der Waals surface area contributed by atoms with E-state index in [9.17, 15) is 10.2 Å². The smallest absolute Gasteiger partial charge is 0.169 e. The van der Waals surface area contributed by atoms with Crippen LogP contribution in [-0.4, -0.2) is 39.6 Å². The van der Waals surface area contributed by atoms with Crippen LogP contribution >= 0.6 is 15.9 Å². The van der Waals surface area contributed by atoms with Crippen molar-refractivity contribution in [2.45, 2.75) is 36.3 Å². The quantitative estimate of drug-likeness (QED) is 0.471. The minimum Gasteiger partial charge on any atom is -0.389 e. The van der Waals surface area contributed by atoms with E-state index < -0.39 is 29.4 Å². The summed E-state index contributed by atoms with van der Waals surface area (Å²) in [5, 5.41) is 18.5. The molecule has 11 heavy (non-hydrogen) atoms. The van der Waals surface area contributed by atoms with Gasteiger partial charge < -0.3 is 20.7 Å². The van der Waals surface area contributed by atoms with Gasteiger partial charge in [0.15, 0.2) is 6.29 Å². The van der Waals surface area contributed by atoms with Crippen molar-refractivity contribution < 1.29 is 14.9 Å². The molecule has 1 aliphatic rings. The zero-order chi connectivity index (χ0) is 8.59. The number of hydrogen-bond donors (Lipinski definition) is 3. The molecule has 4 nitrogen and oxygen atoms in total. The minimum absolute atomic E-state index is 0.395. The molecule has 0 saturated carbocycles. The number of ether oxygens (including phenoxy) is 1. The highest BCUT2D eigenvalue weighted by atomic mass is 79.9. The summed E-state index contributed by atoms with van der Waals surface area (Å²) in [6, 6.07) is -0.478. The Morgan fingerprint density at radius 3 is 2.55 bits per heavy atom. The third kappa shape index (κ3) is 1.73. The molecule has 5 heteroatoms. The number of halogens is 1. The second-order valence-corrected chi connectivity index (χ2v) is 3.80. The van der Waals surface area contributed by atoms with Gasteiger partial charge in [0.25, 0.3) is 0 Å². The molecule has 0 aromatic carbocycles. The van der Waals surface area contributed by atoms with E-state index in [2.05, 4.69) is 15.9 Å². The van der Waals surface area contributed by atoms with E-state index in [1.54, 1.807) is 6.92 Å². The molecule has 0 spiro atoms. The van der Waals surface area contributed by atoms with E-state index in [0.29, 0.717) is 0 Å². The SMILES string of the molecule is C[C@@H]1O[C@@H](O)[C@H](Br)[C@@H](N)[C@H]1O. The van der Waals surface area contributed by atoms with Crippen molar-refractivity contribution in [2.24, 2.45) is 5.73 Å². The zero-order valence-corrected chi connectivity index (χ0v) is 7.73. The lowest BCUT2D eigenvalue weighted by Gasteiger charge is -2.37. The topological polar surface area (TPSA) is 75.7 Å². The molecular formula is C6H12BrNO3. The molecule has 0 amide bonds. The average Bonchev–Trinajstić information content (AvgIpc) is 1.97. The summed E-state index contributed by atoms with van der Waals surface area (Å²) in [5.74, 6) is 0. The summed E-state index contributed by atoms with van der Waals surface area (Å²) in [6.45, 7) is 1.67. The lowest BCUT2D eigenvalue weighted by Crippen LogP contribution is -2.58. The predicted octanol–water partition coefficient (Wildman–Crippen LogP) is -0.825. The number of aliphatic hydroxyl groups is 2. The number of nitrogens with two attached hydrogens (primary N) is 1. The Labute approximate surface area is 73.5 Å². The van der Waals surface area contributed by atoms with Gasteiger partial charge in [-0.05, 0) is 6.92 Å². The molecule has 0 aromatic heterocycles. The van der Waals surface area contributed by atoms with Crippen LogP contribution in [0.15, 0.2) is 0 Å². The summed E-state index contributed by atoms with van der Waals surface area (Å²) in [6.07, 6.45) is -2.06. The molecule has 0 radical (unpaired) electrons. The number of alkyl halides is 1. The molecule has 1 rings (SSSR count). The van der Waals surface area contributed by atoms with Crippen molar-refractivity contribution in [3.8, 4) is 0 Å². The van der Waals surface area contributed by atoms with Crippen LogP contribution in [0.3, 0.4) is 0 Å². The maximum absolute atomic E-state index is 9.34. The van der Waals surface area contributed by atoms with Gasteiger partial charge in [0.1, 0.15) is 0 Å². The molecule has 5 atom stereocenters. The highest BCUT2D eigenvalue weighted by Gasteiger charge is 2.39. The van der Waals surface area contributed by atoms with Gasteiger partial charge in [0.2, 0.25) is 0 Å². The lowest BCUT2D eigenvalue weighted by molar-refractivity contribution is -0.193. The monoisotopic (exact) mass is 225 g/mol. The molecule has 4 N–H and O–H groups in total. The van der Waals surface area contributed by atoms with Gasteiger partial charge in [-0.15, -0.1) is 0 Å². The summed E-state index contributed by atoms with van der Waals surface area (Å²) < 4.78 is 4.96. The molecule has 0 aliphatic carbocycles. The van der Waals surface area contributed by atoms with Crippen molar-refractivity contribution in [1.29, 1.82) is 0 Å². The fraction of sp³-hybridized carbons (Fsp3) is 1.00. The zero-order valence-electron chi connectivity index (χ0n) is 6.14. The van der Waals surface area contributed by atoms with Crippen LogP contribution in [0.1, 0.15) is 6.92 Å². The predicted molar refractivity (Wildman–Crippen MR) is 43.3 cm³/mol. The Bertz CT molecular complexity index is 132. The summed E-state index contributed by atoms with van der Waals surface area (Å²) in [4.78, 5) is -0.395. The van der Waals surface area contributed by atoms with Crippen LogP contribution in [0.4, 0.5) is 0 Å². The first-order valence-corrected chi connectivity index (χ1v) is 4.37. The molecule has 66 valence electrons.